The second-order valence-electron chi connectivity index (χ2n) is 2.00. The van der Waals surface area contributed by atoms with E-state index >= 15 is 0 Å². The highest BCUT2D eigenvalue weighted by Crippen LogP contribution is 2.09. The Balaban J connectivity index is 2.82. The Hall–Kier alpha value is -1.02. The van der Waals surface area contributed by atoms with Gasteiger partial charge in [-0.3, -0.25) is 0 Å². The molecule has 0 fully saturated rings. The van der Waals surface area contributed by atoms with Crippen LogP contribution >= 0.6 is 11.8 Å². The number of benzene rings is 1. The standard InChI is InChI=1S/C8H8ClNO/c1-11-8-4-2-7(3-5-8)6-10-9/h2-6H,1H3/b10-6+. The van der Waals surface area contributed by atoms with Gasteiger partial charge in [0.1, 0.15) is 5.75 Å². The van der Waals surface area contributed by atoms with Crippen LogP contribution in [-0.4, -0.2) is 13.3 Å². The molecule has 3 heteroatoms. The van der Waals surface area contributed by atoms with E-state index in [-0.39, 0.29) is 0 Å². The Bertz CT molecular complexity index is 243. The monoisotopic (exact) mass is 169 g/mol. The van der Waals surface area contributed by atoms with Crippen LogP contribution < -0.4 is 4.74 Å². The van der Waals surface area contributed by atoms with Crippen molar-refractivity contribution in [2.75, 3.05) is 7.11 Å². The fraction of sp³-hybridized carbons (Fsp3) is 0.125. The highest BCUT2D eigenvalue weighted by Gasteiger charge is 1.89. The number of halogens is 1. The molecule has 0 aliphatic heterocycles. The molecule has 0 unspecified atom stereocenters. The highest BCUT2D eigenvalue weighted by atomic mass is 35.5. The van der Waals surface area contributed by atoms with E-state index in [1.807, 2.05) is 24.3 Å². The van der Waals surface area contributed by atoms with Gasteiger partial charge >= 0.3 is 0 Å². The third-order valence-electron chi connectivity index (χ3n) is 1.31. The summed E-state index contributed by atoms with van der Waals surface area (Å²) in [6.07, 6.45) is 1.57. The molecule has 0 spiro atoms. The molecule has 0 amide bonds. The minimum absolute atomic E-state index is 0.830. The number of nitrogens with zero attached hydrogens (tertiary/aromatic N) is 1. The third kappa shape index (κ3) is 2.24. The molecule has 0 aliphatic carbocycles. The first-order valence-corrected chi connectivity index (χ1v) is 3.49. The van der Waals surface area contributed by atoms with E-state index in [1.165, 1.54) is 0 Å². The van der Waals surface area contributed by atoms with Crippen LogP contribution in [0.5, 0.6) is 5.75 Å². The van der Waals surface area contributed by atoms with Crippen LogP contribution in [-0.2, 0) is 0 Å². The number of ether oxygens (including phenoxy) is 1. The van der Waals surface area contributed by atoms with Gasteiger partial charge in [0, 0.05) is 18.0 Å². The molecule has 0 atom stereocenters. The minimum atomic E-state index is 0.830. The number of hydrogen-bond acceptors (Lipinski definition) is 2. The lowest BCUT2D eigenvalue weighted by molar-refractivity contribution is 0.415. The summed E-state index contributed by atoms with van der Waals surface area (Å²) in [5.74, 6) is 0.830. The van der Waals surface area contributed by atoms with Gasteiger partial charge in [0.2, 0.25) is 0 Å². The molecule has 0 bridgehead atoms. The zero-order valence-corrected chi connectivity index (χ0v) is 6.88. The molecule has 0 radical (unpaired) electrons. The van der Waals surface area contributed by atoms with Gasteiger partial charge in [-0.2, -0.15) is 4.51 Å². The molecule has 0 N–H and O–H groups in total. The molecule has 1 rings (SSSR count). The molecule has 0 saturated heterocycles. The van der Waals surface area contributed by atoms with Crippen molar-refractivity contribution in [3.63, 3.8) is 0 Å². The van der Waals surface area contributed by atoms with Gasteiger partial charge in [-0.25, -0.2) is 0 Å². The maximum absolute atomic E-state index is 5.15. The minimum Gasteiger partial charge on any atom is -0.497 e. The zero-order valence-electron chi connectivity index (χ0n) is 6.12. The number of hydrogen-bond donors (Lipinski definition) is 0. The van der Waals surface area contributed by atoms with Crippen molar-refractivity contribution < 1.29 is 4.74 Å². The Kier molecular flexibility index (Phi) is 2.93. The smallest absolute Gasteiger partial charge is 0.118 e. The van der Waals surface area contributed by atoms with Crippen molar-refractivity contribution in [1.29, 1.82) is 0 Å². The van der Waals surface area contributed by atoms with Gasteiger partial charge in [-0.1, -0.05) is 0 Å². The van der Waals surface area contributed by atoms with Crippen molar-refractivity contribution in [1.82, 2.24) is 0 Å². The molecule has 0 heterocycles. The molecule has 11 heavy (non-hydrogen) atoms. The molecule has 1 aromatic carbocycles. The first kappa shape index (κ1) is 8.08. The summed E-state index contributed by atoms with van der Waals surface area (Å²) in [7, 11) is 1.63. The lowest BCUT2D eigenvalue weighted by atomic mass is 10.2. The van der Waals surface area contributed by atoms with Gasteiger partial charge in [0.05, 0.1) is 7.11 Å². The molecule has 0 aromatic heterocycles. The maximum Gasteiger partial charge on any atom is 0.118 e. The summed E-state index contributed by atoms with van der Waals surface area (Å²) in [6.45, 7) is 0. The Labute approximate surface area is 70.6 Å². The van der Waals surface area contributed by atoms with Gasteiger partial charge in [-0.15, -0.1) is 0 Å². The molecule has 0 aliphatic rings. The summed E-state index contributed by atoms with van der Waals surface area (Å²) in [4.78, 5) is 0. The predicted molar refractivity (Wildman–Crippen MR) is 46.4 cm³/mol. The Morgan fingerprint density at radius 1 is 1.36 bits per heavy atom. The van der Waals surface area contributed by atoms with Crippen molar-refractivity contribution >= 4 is 18.0 Å². The largest absolute Gasteiger partial charge is 0.497 e. The van der Waals surface area contributed by atoms with Crippen molar-refractivity contribution in [2.45, 2.75) is 0 Å². The van der Waals surface area contributed by atoms with Crippen molar-refractivity contribution in [3.8, 4) is 5.75 Å². The van der Waals surface area contributed by atoms with E-state index in [2.05, 4.69) is 4.51 Å². The second-order valence-corrected chi connectivity index (χ2v) is 2.20. The second kappa shape index (κ2) is 3.98. The van der Waals surface area contributed by atoms with Gasteiger partial charge < -0.3 is 4.74 Å². The lowest BCUT2D eigenvalue weighted by Crippen LogP contribution is -1.83. The fourth-order valence-electron chi connectivity index (χ4n) is 0.746. The summed E-state index contributed by atoms with van der Waals surface area (Å²) in [6, 6.07) is 7.47. The molecule has 0 saturated carbocycles. The van der Waals surface area contributed by atoms with E-state index in [0.717, 1.165) is 11.3 Å². The predicted octanol–water partition coefficient (Wildman–Crippen LogP) is 2.27. The van der Waals surface area contributed by atoms with Crippen molar-refractivity contribution in [3.05, 3.63) is 29.8 Å². The van der Waals surface area contributed by atoms with Crippen LogP contribution in [0.2, 0.25) is 0 Å². The maximum atomic E-state index is 5.15. The Morgan fingerprint density at radius 2 is 2.00 bits per heavy atom. The quantitative estimate of drug-likeness (QED) is 0.623. The summed E-state index contributed by atoms with van der Waals surface area (Å²) in [5, 5.41) is 0. The van der Waals surface area contributed by atoms with E-state index in [4.69, 9.17) is 16.5 Å². The van der Waals surface area contributed by atoms with Crippen LogP contribution in [0.15, 0.2) is 28.8 Å². The normalized spacial score (nSPS) is 10.4. The summed E-state index contributed by atoms with van der Waals surface area (Å²) < 4.78 is 8.34. The van der Waals surface area contributed by atoms with Crippen LogP contribution in [0.3, 0.4) is 0 Å². The number of rotatable bonds is 2. The van der Waals surface area contributed by atoms with E-state index in [9.17, 15) is 0 Å². The van der Waals surface area contributed by atoms with E-state index < -0.39 is 0 Å². The van der Waals surface area contributed by atoms with Crippen LogP contribution in [0, 0.1) is 0 Å². The molecule has 1 aromatic rings. The highest BCUT2D eigenvalue weighted by molar-refractivity contribution is 6.18. The average molecular weight is 170 g/mol. The van der Waals surface area contributed by atoms with Crippen molar-refractivity contribution in [2.24, 2.45) is 4.51 Å². The van der Waals surface area contributed by atoms with Gasteiger partial charge in [-0.05, 0) is 29.8 Å². The Morgan fingerprint density at radius 3 is 2.45 bits per heavy atom. The van der Waals surface area contributed by atoms with E-state index in [1.54, 1.807) is 13.3 Å². The lowest BCUT2D eigenvalue weighted by Gasteiger charge is -1.97. The zero-order chi connectivity index (χ0) is 8.10. The number of methoxy groups -OCH3 is 1. The van der Waals surface area contributed by atoms with Gasteiger partial charge in [0.15, 0.2) is 0 Å². The first-order chi connectivity index (χ1) is 5.36. The molecule has 58 valence electrons. The van der Waals surface area contributed by atoms with E-state index in [0.29, 0.717) is 0 Å². The SMILES string of the molecule is COc1ccc(/C=N/Cl)cc1. The molecular formula is C8H8ClNO. The summed E-state index contributed by atoms with van der Waals surface area (Å²) >= 11 is 5.15. The van der Waals surface area contributed by atoms with Crippen LogP contribution in [0.4, 0.5) is 0 Å². The first-order valence-electron chi connectivity index (χ1n) is 3.15. The topological polar surface area (TPSA) is 21.6 Å². The molecule has 2 nitrogen and oxygen atoms in total. The van der Waals surface area contributed by atoms with Gasteiger partial charge in [0.25, 0.3) is 0 Å². The molecular weight excluding hydrogens is 162 g/mol. The average Bonchev–Trinajstić information content (AvgIpc) is 2.07. The fourth-order valence-corrected chi connectivity index (χ4v) is 0.859. The summed E-state index contributed by atoms with van der Waals surface area (Å²) in [5.41, 5.74) is 0.959. The van der Waals surface area contributed by atoms with Crippen LogP contribution in [0.1, 0.15) is 5.56 Å². The van der Waals surface area contributed by atoms with Crippen LogP contribution in [0.25, 0.3) is 0 Å². The third-order valence-corrected chi connectivity index (χ3v) is 1.41.